The highest BCUT2D eigenvalue weighted by Gasteiger charge is 2.19. The maximum atomic E-state index is 12.6. The molecule has 0 bridgehead atoms. The second kappa shape index (κ2) is 6.86. The van der Waals surface area contributed by atoms with E-state index in [1.54, 1.807) is 7.11 Å². The van der Waals surface area contributed by atoms with E-state index in [1.165, 1.54) is 11.1 Å². The Kier molecular flexibility index (Phi) is 5.15. The van der Waals surface area contributed by atoms with Crippen molar-refractivity contribution in [2.45, 2.75) is 26.9 Å². The van der Waals surface area contributed by atoms with Crippen LogP contribution in [0.3, 0.4) is 0 Å². The predicted molar refractivity (Wildman–Crippen MR) is 79.6 cm³/mol. The number of carbonyl (C=O) groups is 1. The van der Waals surface area contributed by atoms with Crippen LogP contribution in [0.25, 0.3) is 0 Å². The monoisotopic (exact) mass is 276 g/mol. The zero-order valence-corrected chi connectivity index (χ0v) is 12.6. The summed E-state index contributed by atoms with van der Waals surface area (Å²) in [6.45, 7) is 7.99. The molecule has 1 aromatic carbocycles. The Morgan fingerprint density at radius 3 is 2.80 bits per heavy atom. The van der Waals surface area contributed by atoms with Gasteiger partial charge in [-0.05, 0) is 29.2 Å². The summed E-state index contributed by atoms with van der Waals surface area (Å²) in [5.74, 6) is 0.553. The average molecular weight is 276 g/mol. The summed E-state index contributed by atoms with van der Waals surface area (Å²) in [5.41, 5.74) is 3.32. The highest BCUT2D eigenvalue weighted by atomic mass is 16.5. The highest BCUT2D eigenvalue weighted by molar-refractivity contribution is 5.94. The van der Waals surface area contributed by atoms with Gasteiger partial charge in [0.1, 0.15) is 0 Å². The van der Waals surface area contributed by atoms with Crippen LogP contribution in [0.15, 0.2) is 18.2 Å². The molecule has 1 heterocycles. The first-order valence-corrected chi connectivity index (χ1v) is 7.22. The number of methoxy groups -OCH3 is 1. The third kappa shape index (κ3) is 3.58. The van der Waals surface area contributed by atoms with Crippen LogP contribution in [0.2, 0.25) is 0 Å². The summed E-state index contributed by atoms with van der Waals surface area (Å²) >= 11 is 0. The van der Waals surface area contributed by atoms with Gasteiger partial charge in [-0.25, -0.2) is 0 Å². The zero-order valence-electron chi connectivity index (χ0n) is 12.6. The Labute approximate surface area is 121 Å². The van der Waals surface area contributed by atoms with E-state index in [0.29, 0.717) is 19.1 Å². The number of benzene rings is 1. The van der Waals surface area contributed by atoms with Crippen LogP contribution in [-0.2, 0) is 17.8 Å². The molecule has 0 spiro atoms. The molecule has 4 nitrogen and oxygen atoms in total. The van der Waals surface area contributed by atoms with Gasteiger partial charge in [0.2, 0.25) is 0 Å². The van der Waals surface area contributed by atoms with Crippen LogP contribution in [0.5, 0.6) is 0 Å². The molecular weight excluding hydrogens is 252 g/mol. The normalized spacial score (nSPS) is 13.6. The minimum absolute atomic E-state index is 0.102. The maximum Gasteiger partial charge on any atom is 0.253 e. The maximum absolute atomic E-state index is 12.6. The van der Waals surface area contributed by atoms with Crippen molar-refractivity contribution in [2.24, 2.45) is 5.92 Å². The molecule has 0 aromatic heterocycles. The molecular formula is C16H24N2O2. The quantitative estimate of drug-likeness (QED) is 0.864. The van der Waals surface area contributed by atoms with Crippen LogP contribution in [0.1, 0.15) is 35.3 Å². The molecule has 1 aliphatic rings. The van der Waals surface area contributed by atoms with Crippen molar-refractivity contribution in [3.8, 4) is 0 Å². The van der Waals surface area contributed by atoms with Crippen molar-refractivity contribution in [2.75, 3.05) is 26.8 Å². The summed E-state index contributed by atoms with van der Waals surface area (Å²) in [4.78, 5) is 14.5. The number of carbonyl (C=O) groups excluding carboxylic acids is 1. The lowest BCUT2D eigenvalue weighted by molar-refractivity contribution is 0.0672. The minimum Gasteiger partial charge on any atom is -0.383 e. The van der Waals surface area contributed by atoms with Crippen molar-refractivity contribution < 1.29 is 9.53 Å². The van der Waals surface area contributed by atoms with Gasteiger partial charge >= 0.3 is 0 Å². The molecule has 110 valence electrons. The van der Waals surface area contributed by atoms with Crippen LogP contribution < -0.4 is 5.32 Å². The van der Waals surface area contributed by atoms with Crippen LogP contribution >= 0.6 is 0 Å². The van der Waals surface area contributed by atoms with Crippen molar-refractivity contribution >= 4 is 5.91 Å². The van der Waals surface area contributed by atoms with Gasteiger partial charge in [-0.1, -0.05) is 19.9 Å². The molecule has 0 atom stereocenters. The van der Waals surface area contributed by atoms with Gasteiger partial charge in [-0.2, -0.15) is 0 Å². The average Bonchev–Trinajstić information content (AvgIpc) is 2.89. The first-order chi connectivity index (χ1) is 9.61. The highest BCUT2D eigenvalue weighted by Crippen LogP contribution is 2.18. The summed E-state index contributed by atoms with van der Waals surface area (Å²) < 4.78 is 5.11. The summed E-state index contributed by atoms with van der Waals surface area (Å²) in [6.07, 6.45) is 0. The Morgan fingerprint density at radius 1 is 1.35 bits per heavy atom. The van der Waals surface area contributed by atoms with Crippen molar-refractivity contribution in [1.82, 2.24) is 10.2 Å². The molecule has 4 heteroatoms. The summed E-state index contributed by atoms with van der Waals surface area (Å²) in [6, 6.07) is 6.03. The first kappa shape index (κ1) is 15.0. The third-order valence-electron chi connectivity index (χ3n) is 3.52. The van der Waals surface area contributed by atoms with Gasteiger partial charge in [-0.15, -0.1) is 0 Å². The van der Waals surface area contributed by atoms with E-state index in [1.807, 2.05) is 17.0 Å². The van der Waals surface area contributed by atoms with E-state index < -0.39 is 0 Å². The fourth-order valence-electron chi connectivity index (χ4n) is 2.53. The van der Waals surface area contributed by atoms with Crippen LogP contribution in [-0.4, -0.2) is 37.6 Å². The van der Waals surface area contributed by atoms with Gasteiger partial charge in [0.25, 0.3) is 5.91 Å². The standard InChI is InChI=1S/C16H24N2O2/c1-12(2)11-18(6-7-20-3)16(19)13-4-5-14-9-17-10-15(14)8-13/h4-5,8,12,17H,6-7,9-11H2,1-3H3. The second-order valence-electron chi connectivity index (χ2n) is 5.72. The number of hydrogen-bond donors (Lipinski definition) is 1. The van der Waals surface area contributed by atoms with E-state index in [9.17, 15) is 4.79 Å². The fourth-order valence-corrected chi connectivity index (χ4v) is 2.53. The van der Waals surface area contributed by atoms with Crippen molar-refractivity contribution in [3.05, 3.63) is 34.9 Å². The molecule has 1 aromatic rings. The number of nitrogens with zero attached hydrogens (tertiary/aromatic N) is 1. The second-order valence-corrected chi connectivity index (χ2v) is 5.72. The number of amides is 1. The molecule has 1 aliphatic heterocycles. The topological polar surface area (TPSA) is 41.6 Å². The minimum atomic E-state index is 0.102. The van der Waals surface area contributed by atoms with E-state index in [0.717, 1.165) is 25.2 Å². The number of rotatable bonds is 6. The zero-order chi connectivity index (χ0) is 14.5. The molecule has 0 saturated heterocycles. The molecule has 0 saturated carbocycles. The fraction of sp³-hybridized carbons (Fsp3) is 0.562. The van der Waals surface area contributed by atoms with Gasteiger partial charge in [-0.3, -0.25) is 4.79 Å². The summed E-state index contributed by atoms with van der Waals surface area (Å²) in [7, 11) is 1.67. The van der Waals surface area contributed by atoms with Crippen LogP contribution in [0, 0.1) is 5.92 Å². The molecule has 2 rings (SSSR count). The lowest BCUT2D eigenvalue weighted by atomic mass is 10.0. The number of ether oxygens (including phenoxy) is 1. The molecule has 0 aliphatic carbocycles. The van der Waals surface area contributed by atoms with Crippen molar-refractivity contribution in [3.63, 3.8) is 0 Å². The number of fused-ring (bicyclic) bond motifs is 1. The molecule has 0 radical (unpaired) electrons. The van der Waals surface area contributed by atoms with Gasteiger partial charge < -0.3 is 15.0 Å². The van der Waals surface area contributed by atoms with E-state index in [4.69, 9.17) is 4.74 Å². The lowest BCUT2D eigenvalue weighted by Gasteiger charge is -2.24. The largest absolute Gasteiger partial charge is 0.383 e. The first-order valence-electron chi connectivity index (χ1n) is 7.22. The summed E-state index contributed by atoms with van der Waals surface area (Å²) in [5, 5.41) is 3.30. The Bertz CT molecular complexity index is 472. The predicted octanol–water partition coefficient (Wildman–Crippen LogP) is 2.03. The van der Waals surface area contributed by atoms with Gasteiger partial charge in [0.15, 0.2) is 0 Å². The molecule has 0 fully saturated rings. The van der Waals surface area contributed by atoms with Gasteiger partial charge in [0.05, 0.1) is 6.61 Å². The lowest BCUT2D eigenvalue weighted by Crippen LogP contribution is -2.36. The Morgan fingerprint density at radius 2 is 2.10 bits per heavy atom. The van der Waals surface area contributed by atoms with E-state index in [-0.39, 0.29) is 5.91 Å². The Balaban J connectivity index is 2.13. The Hall–Kier alpha value is -1.39. The molecule has 20 heavy (non-hydrogen) atoms. The van der Waals surface area contributed by atoms with Gasteiger partial charge in [0, 0.05) is 38.9 Å². The van der Waals surface area contributed by atoms with E-state index >= 15 is 0 Å². The molecule has 0 unspecified atom stereocenters. The van der Waals surface area contributed by atoms with Crippen molar-refractivity contribution in [1.29, 1.82) is 0 Å². The molecule has 1 N–H and O–H groups in total. The number of hydrogen-bond acceptors (Lipinski definition) is 3. The molecule has 1 amide bonds. The van der Waals surface area contributed by atoms with E-state index in [2.05, 4.69) is 25.2 Å². The smallest absolute Gasteiger partial charge is 0.253 e. The number of nitrogens with one attached hydrogen (secondary N) is 1. The van der Waals surface area contributed by atoms with Crippen LogP contribution in [0.4, 0.5) is 0 Å². The third-order valence-corrected chi connectivity index (χ3v) is 3.52. The SMILES string of the molecule is COCCN(CC(C)C)C(=O)c1ccc2c(c1)CNC2.